The molecule has 0 aromatic carbocycles. The molecule has 0 atom stereocenters. The maximum Gasteiger partial charge on any atom is 0.215 e. The van der Waals surface area contributed by atoms with Crippen molar-refractivity contribution in [1.29, 1.82) is 0 Å². The molecule has 5 nitrogen and oxygen atoms in total. The Hall–Kier alpha value is -0.170. The van der Waals surface area contributed by atoms with Crippen LogP contribution in [0.2, 0.25) is 0 Å². The molecule has 0 fully saturated rings. The summed E-state index contributed by atoms with van der Waals surface area (Å²) in [6.45, 7) is 15.3. The third kappa shape index (κ3) is 41.9. The Bertz CT molecular complexity index is 602. The summed E-state index contributed by atoms with van der Waals surface area (Å²) in [6, 6.07) is 0. The van der Waals surface area contributed by atoms with Crippen molar-refractivity contribution < 1.29 is 22.0 Å². The Morgan fingerprint density at radius 3 is 0.696 bits per heavy atom. The van der Waals surface area contributed by atoms with Crippen molar-refractivity contribution in [2.45, 2.75) is 233 Å². The fourth-order valence-corrected chi connectivity index (χ4v) is 6.97. The van der Waals surface area contributed by atoms with E-state index in [2.05, 4.69) is 27.7 Å². The predicted octanol–water partition coefficient (Wildman–Crippen LogP) is 13.4. The van der Waals surface area contributed by atoms with Crippen molar-refractivity contribution in [2.24, 2.45) is 0 Å². The van der Waals surface area contributed by atoms with Gasteiger partial charge in [-0.15, -0.1) is 0 Å². The van der Waals surface area contributed by atoms with Crippen LogP contribution in [-0.4, -0.2) is 48.2 Å². The molecule has 46 heavy (non-hydrogen) atoms. The molecule has 0 rings (SSSR count). The third-order valence-corrected chi connectivity index (χ3v) is 9.94. The lowest BCUT2D eigenvalue weighted by Crippen LogP contribution is -2.50. The molecule has 0 bridgehead atoms. The molecule has 0 aromatic rings. The summed E-state index contributed by atoms with van der Waals surface area (Å²) in [5, 5.41) is 0. The first-order valence-electron chi connectivity index (χ1n) is 20.8. The smallest absolute Gasteiger partial charge is 0.215 e. The Kier molecular flexibility index (Phi) is 39.2. The van der Waals surface area contributed by atoms with Crippen molar-refractivity contribution >= 4 is 10.4 Å². The van der Waals surface area contributed by atoms with Crippen molar-refractivity contribution in [3.05, 3.63) is 0 Å². The second-order valence-electron chi connectivity index (χ2n) is 14.6. The van der Waals surface area contributed by atoms with E-state index in [9.17, 15) is 0 Å². The van der Waals surface area contributed by atoms with Gasteiger partial charge in [0.2, 0.25) is 10.4 Å². The Morgan fingerprint density at radius 1 is 0.348 bits per heavy atom. The highest BCUT2D eigenvalue weighted by Gasteiger charge is 2.25. The van der Waals surface area contributed by atoms with Gasteiger partial charge in [0, 0.05) is 0 Å². The average Bonchev–Trinajstić information content (AvgIpc) is 3.02. The maximum atomic E-state index is 8.63. The highest BCUT2D eigenvalue weighted by Crippen LogP contribution is 2.21. The molecule has 0 radical (unpaired) electrons. The van der Waals surface area contributed by atoms with E-state index in [0.717, 1.165) is 0 Å². The van der Waals surface area contributed by atoms with Crippen LogP contribution in [-0.2, 0) is 10.4 Å². The lowest BCUT2D eigenvalue weighted by Gasteiger charge is -2.39. The minimum absolute atomic E-state index is 1.37. The van der Waals surface area contributed by atoms with Gasteiger partial charge in [0.1, 0.15) is 0 Å². The summed E-state index contributed by atoms with van der Waals surface area (Å²) in [7, 11) is -4.92. The lowest BCUT2D eigenvalue weighted by molar-refractivity contribution is -0.929. The molecule has 0 unspecified atom stereocenters. The highest BCUT2D eigenvalue weighted by molar-refractivity contribution is 7.79. The quantitative estimate of drug-likeness (QED) is 0.0310. The van der Waals surface area contributed by atoms with Crippen LogP contribution in [0.15, 0.2) is 0 Å². The average molecular weight is 676 g/mol. The Balaban J connectivity index is 0. The minimum atomic E-state index is -4.92. The molecule has 0 saturated heterocycles. The van der Waals surface area contributed by atoms with Crippen LogP contribution in [0.25, 0.3) is 0 Å². The third-order valence-electron chi connectivity index (χ3n) is 9.94. The molecule has 0 heterocycles. The Morgan fingerprint density at radius 2 is 0.500 bits per heavy atom. The number of hydrogen-bond donors (Lipinski definition) is 1. The molecule has 0 aliphatic heterocycles. The van der Waals surface area contributed by atoms with E-state index in [4.69, 9.17) is 17.5 Å². The fraction of sp³-hybridized carbons (Fsp3) is 1.00. The molecular weight excluding hydrogens is 591 g/mol. The van der Waals surface area contributed by atoms with E-state index in [1.807, 2.05) is 0 Å². The zero-order valence-corrected chi connectivity index (χ0v) is 32.8. The van der Waals surface area contributed by atoms with Gasteiger partial charge in [-0.1, -0.05) is 188 Å². The van der Waals surface area contributed by atoms with E-state index >= 15 is 0 Å². The molecule has 1 N–H and O–H groups in total. The lowest BCUT2D eigenvalue weighted by atomic mass is 10.0. The first-order valence-corrected chi connectivity index (χ1v) is 22.1. The second-order valence-corrected chi connectivity index (χ2v) is 15.4. The molecule has 0 saturated carbocycles. The van der Waals surface area contributed by atoms with Gasteiger partial charge >= 0.3 is 0 Å². The van der Waals surface area contributed by atoms with Gasteiger partial charge in [-0.2, -0.15) is 0 Å². The number of rotatable bonds is 36. The SMILES string of the molecule is CCCCCCCCCCCC[N+](CCCC)(CCCCCCCCCCCC)CCCCCCCCCCCC.O=S(=O)([O-])O. The number of quaternary nitrogens is 1. The second kappa shape index (κ2) is 37.6. The van der Waals surface area contributed by atoms with Crippen molar-refractivity contribution in [2.75, 3.05) is 26.2 Å². The summed E-state index contributed by atoms with van der Waals surface area (Å²) in [5.41, 5.74) is 0. The molecule has 0 aromatic heterocycles. The van der Waals surface area contributed by atoms with E-state index in [-0.39, 0.29) is 0 Å². The first kappa shape index (κ1) is 47.9. The van der Waals surface area contributed by atoms with E-state index in [1.165, 1.54) is 236 Å². The van der Waals surface area contributed by atoms with Crippen LogP contribution in [0.1, 0.15) is 233 Å². The molecule has 0 aliphatic rings. The summed E-state index contributed by atoms with van der Waals surface area (Å²) in [5.74, 6) is 0. The van der Waals surface area contributed by atoms with Crippen LogP contribution < -0.4 is 0 Å². The maximum absolute atomic E-state index is 8.63. The summed E-state index contributed by atoms with van der Waals surface area (Å²) < 4.78 is 34.3. The topological polar surface area (TPSA) is 77.4 Å². The monoisotopic (exact) mass is 676 g/mol. The number of hydrogen-bond acceptors (Lipinski definition) is 3. The predicted molar refractivity (Wildman–Crippen MR) is 202 cm³/mol. The highest BCUT2D eigenvalue weighted by atomic mass is 32.3. The van der Waals surface area contributed by atoms with Gasteiger partial charge in [0.15, 0.2) is 0 Å². The molecular formula is C40H85NO4S. The van der Waals surface area contributed by atoms with Gasteiger partial charge < -0.3 is 9.04 Å². The standard InChI is InChI=1S/C40H84N.H2O4S/c1-5-9-13-16-19-22-25-28-31-34-38-41(37-12-8-4,39-35-32-29-26-23-20-17-14-10-6-2)40-36-33-30-27-24-21-18-15-11-7-3;1-5(2,3)4/h5-40H2,1-4H3;(H2,1,2,3,4)/q+1;/p-1. The van der Waals surface area contributed by atoms with Crippen molar-refractivity contribution in [1.82, 2.24) is 0 Å². The number of nitrogens with zero attached hydrogens (tertiary/aromatic N) is 1. The normalized spacial score (nSPS) is 12.0. The minimum Gasteiger partial charge on any atom is -0.726 e. The van der Waals surface area contributed by atoms with Gasteiger partial charge in [-0.05, 0) is 44.9 Å². The Labute approximate surface area is 291 Å². The summed E-state index contributed by atoms with van der Waals surface area (Å²) >= 11 is 0. The summed E-state index contributed by atoms with van der Waals surface area (Å²) in [4.78, 5) is 0. The van der Waals surface area contributed by atoms with E-state index in [1.54, 1.807) is 0 Å². The van der Waals surface area contributed by atoms with Crippen molar-refractivity contribution in [3.63, 3.8) is 0 Å². The van der Waals surface area contributed by atoms with Crippen LogP contribution >= 0.6 is 0 Å². The van der Waals surface area contributed by atoms with Crippen molar-refractivity contribution in [3.8, 4) is 0 Å². The fourth-order valence-electron chi connectivity index (χ4n) is 6.97. The van der Waals surface area contributed by atoms with Crippen LogP contribution in [0, 0.1) is 0 Å². The summed E-state index contributed by atoms with van der Waals surface area (Å²) in [6.07, 6.45) is 46.7. The van der Waals surface area contributed by atoms with E-state index < -0.39 is 10.4 Å². The largest absolute Gasteiger partial charge is 0.726 e. The van der Waals surface area contributed by atoms with E-state index in [0.29, 0.717) is 0 Å². The molecule has 6 heteroatoms. The number of unbranched alkanes of at least 4 members (excludes halogenated alkanes) is 28. The zero-order chi connectivity index (χ0) is 34.5. The molecule has 0 aliphatic carbocycles. The van der Waals surface area contributed by atoms with Gasteiger partial charge in [0.05, 0.1) is 26.2 Å². The van der Waals surface area contributed by atoms with Gasteiger partial charge in [0.25, 0.3) is 0 Å². The zero-order valence-electron chi connectivity index (χ0n) is 32.0. The van der Waals surface area contributed by atoms with Gasteiger partial charge in [-0.25, -0.2) is 8.42 Å². The van der Waals surface area contributed by atoms with Crippen LogP contribution in [0.3, 0.4) is 0 Å². The molecule has 0 spiro atoms. The first-order chi connectivity index (χ1) is 22.2. The molecule has 280 valence electrons. The van der Waals surface area contributed by atoms with Gasteiger partial charge in [-0.3, -0.25) is 4.55 Å². The van der Waals surface area contributed by atoms with Crippen LogP contribution in [0.4, 0.5) is 0 Å². The molecule has 0 amide bonds. The van der Waals surface area contributed by atoms with Crippen LogP contribution in [0.5, 0.6) is 0 Å².